The molecule has 0 bridgehead atoms. The molecule has 0 aromatic heterocycles. The van der Waals surface area contributed by atoms with Crippen molar-refractivity contribution < 1.29 is 18.7 Å². The molecule has 0 saturated carbocycles. The summed E-state index contributed by atoms with van der Waals surface area (Å²) in [6.07, 6.45) is -0.118. The van der Waals surface area contributed by atoms with Crippen molar-refractivity contribution in [3.8, 4) is 5.75 Å². The minimum Gasteiger partial charge on any atom is -0.488 e. The van der Waals surface area contributed by atoms with Crippen LogP contribution in [0.4, 0.5) is 9.18 Å². The number of urea groups is 1. The van der Waals surface area contributed by atoms with Crippen molar-refractivity contribution in [2.75, 3.05) is 6.54 Å². The topological polar surface area (TPSA) is 93.4 Å². The van der Waals surface area contributed by atoms with E-state index in [0.29, 0.717) is 5.56 Å². The standard InChI is InChI=1S/C16H24FN3O3/c1-10(2)23-13-6-5-11(7-12(13)17)8-19-15(22)20-9-16(3,4)14(18)21/h5-7,10H,8-9H2,1-4H3,(H2,18,21)(H2,19,20,22). The molecule has 0 heterocycles. The Labute approximate surface area is 135 Å². The lowest BCUT2D eigenvalue weighted by Crippen LogP contribution is -2.45. The van der Waals surface area contributed by atoms with E-state index in [1.165, 1.54) is 12.1 Å². The molecule has 3 amide bonds. The predicted octanol–water partition coefficient (Wildman–Crippen LogP) is 1.92. The Morgan fingerprint density at radius 2 is 1.96 bits per heavy atom. The molecule has 0 aliphatic heterocycles. The third-order valence-corrected chi connectivity index (χ3v) is 3.17. The maximum absolute atomic E-state index is 13.8. The zero-order chi connectivity index (χ0) is 17.6. The van der Waals surface area contributed by atoms with Gasteiger partial charge in [-0.25, -0.2) is 9.18 Å². The quantitative estimate of drug-likeness (QED) is 0.715. The number of halogens is 1. The number of carbonyl (C=O) groups excluding carboxylic acids is 2. The third-order valence-electron chi connectivity index (χ3n) is 3.17. The summed E-state index contributed by atoms with van der Waals surface area (Å²) < 4.78 is 19.1. The number of rotatable bonds is 7. The number of nitrogens with one attached hydrogen (secondary N) is 2. The lowest BCUT2D eigenvalue weighted by molar-refractivity contribution is -0.125. The highest BCUT2D eigenvalue weighted by Crippen LogP contribution is 2.19. The van der Waals surface area contributed by atoms with Crippen LogP contribution in [0.25, 0.3) is 0 Å². The molecule has 4 N–H and O–H groups in total. The van der Waals surface area contributed by atoms with Gasteiger partial charge in [0.2, 0.25) is 5.91 Å². The van der Waals surface area contributed by atoms with E-state index in [2.05, 4.69) is 10.6 Å². The Morgan fingerprint density at radius 1 is 1.30 bits per heavy atom. The summed E-state index contributed by atoms with van der Waals surface area (Å²) >= 11 is 0. The molecular formula is C16H24FN3O3. The van der Waals surface area contributed by atoms with Crippen LogP contribution in [0.1, 0.15) is 33.3 Å². The molecule has 0 spiro atoms. The minimum absolute atomic E-state index is 0.115. The van der Waals surface area contributed by atoms with Crippen molar-refractivity contribution in [2.24, 2.45) is 11.1 Å². The van der Waals surface area contributed by atoms with Crippen LogP contribution in [0.3, 0.4) is 0 Å². The van der Waals surface area contributed by atoms with Gasteiger partial charge in [0.1, 0.15) is 0 Å². The van der Waals surface area contributed by atoms with E-state index in [1.807, 2.05) is 13.8 Å². The van der Waals surface area contributed by atoms with Crippen molar-refractivity contribution in [3.63, 3.8) is 0 Å². The van der Waals surface area contributed by atoms with Gasteiger partial charge in [-0.1, -0.05) is 6.07 Å². The summed E-state index contributed by atoms with van der Waals surface area (Å²) in [5, 5.41) is 5.15. The molecule has 0 aliphatic carbocycles. The summed E-state index contributed by atoms with van der Waals surface area (Å²) in [6.45, 7) is 7.17. The van der Waals surface area contributed by atoms with Gasteiger partial charge in [0, 0.05) is 13.1 Å². The lowest BCUT2D eigenvalue weighted by Gasteiger charge is -2.20. The van der Waals surface area contributed by atoms with Gasteiger partial charge in [0.05, 0.1) is 11.5 Å². The van der Waals surface area contributed by atoms with E-state index in [1.54, 1.807) is 19.9 Å². The van der Waals surface area contributed by atoms with E-state index in [9.17, 15) is 14.0 Å². The van der Waals surface area contributed by atoms with E-state index < -0.39 is 23.2 Å². The summed E-state index contributed by atoms with van der Waals surface area (Å²) in [4.78, 5) is 22.8. The van der Waals surface area contributed by atoms with E-state index in [-0.39, 0.29) is 24.9 Å². The largest absolute Gasteiger partial charge is 0.488 e. The van der Waals surface area contributed by atoms with Crippen molar-refractivity contribution in [2.45, 2.75) is 40.3 Å². The van der Waals surface area contributed by atoms with E-state index in [4.69, 9.17) is 10.5 Å². The van der Waals surface area contributed by atoms with Crippen LogP contribution < -0.4 is 21.1 Å². The second kappa shape index (κ2) is 7.80. The fourth-order valence-electron chi connectivity index (χ4n) is 1.64. The first-order valence-electron chi connectivity index (χ1n) is 7.38. The number of amides is 3. The van der Waals surface area contributed by atoms with Gasteiger partial charge in [-0.15, -0.1) is 0 Å². The molecule has 7 heteroatoms. The first kappa shape index (κ1) is 18.7. The van der Waals surface area contributed by atoms with E-state index in [0.717, 1.165) is 0 Å². The maximum Gasteiger partial charge on any atom is 0.315 e. The highest BCUT2D eigenvalue weighted by molar-refractivity contribution is 5.81. The van der Waals surface area contributed by atoms with Crippen LogP contribution in [0.15, 0.2) is 18.2 Å². The average Bonchev–Trinajstić information content (AvgIpc) is 2.45. The molecule has 23 heavy (non-hydrogen) atoms. The third kappa shape index (κ3) is 6.14. The highest BCUT2D eigenvalue weighted by atomic mass is 19.1. The Morgan fingerprint density at radius 3 is 2.48 bits per heavy atom. The molecule has 0 aliphatic rings. The zero-order valence-electron chi connectivity index (χ0n) is 13.9. The molecule has 0 atom stereocenters. The fourth-order valence-corrected chi connectivity index (χ4v) is 1.64. The normalized spacial score (nSPS) is 11.2. The summed E-state index contributed by atoms with van der Waals surface area (Å²) in [5.74, 6) is -0.801. The molecule has 1 aromatic carbocycles. The summed E-state index contributed by atoms with van der Waals surface area (Å²) in [5.41, 5.74) is 4.99. The van der Waals surface area contributed by atoms with Crippen LogP contribution in [-0.4, -0.2) is 24.6 Å². The molecule has 0 radical (unpaired) electrons. The van der Waals surface area contributed by atoms with Crippen LogP contribution in [-0.2, 0) is 11.3 Å². The van der Waals surface area contributed by atoms with Crippen molar-refractivity contribution in [1.29, 1.82) is 0 Å². The number of benzene rings is 1. The zero-order valence-corrected chi connectivity index (χ0v) is 13.9. The smallest absolute Gasteiger partial charge is 0.315 e. The lowest BCUT2D eigenvalue weighted by atomic mass is 9.93. The molecular weight excluding hydrogens is 301 g/mol. The molecule has 0 unspecified atom stereocenters. The minimum atomic E-state index is -0.834. The van der Waals surface area contributed by atoms with Gasteiger partial charge in [0.25, 0.3) is 0 Å². The van der Waals surface area contributed by atoms with Crippen LogP contribution >= 0.6 is 0 Å². The monoisotopic (exact) mass is 325 g/mol. The molecule has 128 valence electrons. The van der Waals surface area contributed by atoms with Gasteiger partial charge < -0.3 is 21.1 Å². The predicted molar refractivity (Wildman–Crippen MR) is 85.4 cm³/mol. The Kier molecular flexibility index (Phi) is 6.36. The number of ether oxygens (including phenoxy) is 1. The van der Waals surface area contributed by atoms with Gasteiger partial charge in [-0.05, 0) is 45.4 Å². The van der Waals surface area contributed by atoms with Gasteiger partial charge in [-0.2, -0.15) is 0 Å². The van der Waals surface area contributed by atoms with Crippen molar-refractivity contribution >= 4 is 11.9 Å². The van der Waals surface area contributed by atoms with Crippen LogP contribution in [0.2, 0.25) is 0 Å². The fraction of sp³-hybridized carbons (Fsp3) is 0.500. The average molecular weight is 325 g/mol. The van der Waals surface area contributed by atoms with E-state index >= 15 is 0 Å². The SMILES string of the molecule is CC(C)Oc1ccc(CNC(=O)NCC(C)(C)C(N)=O)cc1F. The number of carbonyl (C=O) groups is 2. The van der Waals surface area contributed by atoms with Gasteiger partial charge in [0.15, 0.2) is 11.6 Å². The molecule has 6 nitrogen and oxygen atoms in total. The van der Waals surface area contributed by atoms with Gasteiger partial charge in [-0.3, -0.25) is 4.79 Å². The second-order valence-corrected chi connectivity index (χ2v) is 6.22. The Bertz CT molecular complexity index is 574. The van der Waals surface area contributed by atoms with Crippen molar-refractivity contribution in [3.05, 3.63) is 29.6 Å². The highest BCUT2D eigenvalue weighted by Gasteiger charge is 2.25. The second-order valence-electron chi connectivity index (χ2n) is 6.22. The first-order valence-corrected chi connectivity index (χ1v) is 7.38. The number of primary amides is 1. The molecule has 0 fully saturated rings. The van der Waals surface area contributed by atoms with Crippen LogP contribution in [0.5, 0.6) is 5.75 Å². The number of hydrogen-bond acceptors (Lipinski definition) is 3. The molecule has 1 aromatic rings. The molecule has 0 saturated heterocycles. The van der Waals surface area contributed by atoms with Crippen LogP contribution in [0, 0.1) is 11.2 Å². The summed E-state index contributed by atoms with van der Waals surface area (Å²) in [6, 6.07) is 4.06. The summed E-state index contributed by atoms with van der Waals surface area (Å²) in [7, 11) is 0. The Hall–Kier alpha value is -2.31. The molecule has 1 rings (SSSR count). The first-order chi connectivity index (χ1) is 10.6. The van der Waals surface area contributed by atoms with Crippen molar-refractivity contribution in [1.82, 2.24) is 10.6 Å². The Balaban J connectivity index is 2.50. The maximum atomic E-state index is 13.8. The number of nitrogens with two attached hydrogens (primary N) is 1. The number of hydrogen-bond donors (Lipinski definition) is 3. The van der Waals surface area contributed by atoms with Gasteiger partial charge >= 0.3 is 6.03 Å².